The van der Waals surface area contributed by atoms with Crippen LogP contribution in [0, 0.1) is 6.92 Å². The number of hydroxylamine groups is 1. The van der Waals surface area contributed by atoms with Crippen LogP contribution in [-0.4, -0.2) is 21.5 Å². The van der Waals surface area contributed by atoms with Crippen LogP contribution in [0.4, 0.5) is 11.4 Å². The number of nitrogens with zero attached hydrogens (tertiary/aromatic N) is 3. The van der Waals surface area contributed by atoms with Gasteiger partial charge < -0.3 is 11.1 Å². The van der Waals surface area contributed by atoms with Gasteiger partial charge in [-0.3, -0.25) is 10.0 Å². The van der Waals surface area contributed by atoms with Crippen molar-refractivity contribution in [2.45, 2.75) is 6.92 Å². The summed E-state index contributed by atoms with van der Waals surface area (Å²) < 4.78 is 3.70. The number of carbonyl (C=O) groups is 1. The number of nitrogens with two attached hydrogens (primary N) is 1. The number of rotatable bonds is 3. The number of anilines is 1. The van der Waals surface area contributed by atoms with Gasteiger partial charge in [-0.15, -0.1) is 0 Å². The van der Waals surface area contributed by atoms with Gasteiger partial charge in [0, 0.05) is 11.8 Å². The topological polar surface area (TPSA) is 108 Å². The zero-order valence-corrected chi connectivity index (χ0v) is 13.9. The van der Waals surface area contributed by atoms with E-state index in [9.17, 15) is 4.79 Å². The molecule has 0 aliphatic heterocycles. The van der Waals surface area contributed by atoms with Crippen LogP contribution in [0.25, 0.3) is 5.65 Å². The van der Waals surface area contributed by atoms with Crippen LogP contribution in [0.5, 0.6) is 0 Å². The monoisotopic (exact) mass is 339 g/mol. The minimum atomic E-state index is -0.237. The third-order valence-electron chi connectivity index (χ3n) is 3.84. The molecule has 8 nitrogen and oxygen atoms in total. The molecule has 25 heavy (non-hydrogen) atoms. The van der Waals surface area contributed by atoms with Gasteiger partial charge in [-0.05, 0) is 30.7 Å². The van der Waals surface area contributed by atoms with E-state index in [4.69, 9.17) is 10.9 Å². The first kappa shape index (κ1) is 16.5. The van der Waals surface area contributed by atoms with Crippen molar-refractivity contribution >= 4 is 28.9 Å². The highest BCUT2D eigenvalue weighted by atomic mass is 16.5. The zero-order valence-electron chi connectivity index (χ0n) is 13.9. The van der Waals surface area contributed by atoms with Gasteiger partial charge in [-0.2, -0.15) is 4.40 Å². The Kier molecular flexibility index (Phi) is 4.36. The fourth-order valence-electron chi connectivity index (χ4n) is 2.57. The summed E-state index contributed by atoms with van der Waals surface area (Å²) in [5.41, 5.74) is 10.6. The van der Waals surface area contributed by atoms with Crippen LogP contribution in [0.15, 0.2) is 53.8 Å². The van der Waals surface area contributed by atoms with Crippen LogP contribution in [0.3, 0.4) is 0 Å². The lowest BCUT2D eigenvalue weighted by Crippen LogP contribution is -2.27. The van der Waals surface area contributed by atoms with Crippen LogP contribution >= 0.6 is 0 Å². The highest BCUT2D eigenvalue weighted by Crippen LogP contribution is 2.23. The average Bonchev–Trinajstić information content (AvgIpc) is 2.95. The third-order valence-corrected chi connectivity index (χ3v) is 3.84. The maximum Gasteiger partial charge on any atom is 0.299 e. The molecule has 0 radical (unpaired) electrons. The fourth-order valence-corrected chi connectivity index (χ4v) is 2.57. The first-order valence-corrected chi connectivity index (χ1v) is 7.61. The smallest absolute Gasteiger partial charge is 0.299 e. The molecule has 5 N–H and O–H groups in total. The zero-order chi connectivity index (χ0) is 18.0. The van der Waals surface area contributed by atoms with Crippen molar-refractivity contribution in [1.82, 2.24) is 9.88 Å². The number of imidazole rings is 1. The maximum absolute atomic E-state index is 12.7. The number of aryl methyl sites for hydroxylation is 2. The summed E-state index contributed by atoms with van der Waals surface area (Å²) in [6.45, 7) is 1.88. The highest BCUT2D eigenvalue weighted by Gasteiger charge is 2.21. The predicted octanol–water partition coefficient (Wildman–Crippen LogP) is 1.25. The molecule has 1 amide bonds. The molecule has 0 bridgehead atoms. The summed E-state index contributed by atoms with van der Waals surface area (Å²) in [5.74, 6) is -0.370. The van der Waals surface area contributed by atoms with E-state index in [1.807, 2.05) is 53.4 Å². The fraction of sp³-hybridized carbons (Fsp3) is 0.118. The second-order valence-corrected chi connectivity index (χ2v) is 5.62. The molecule has 0 aliphatic rings. The molecular weight excluding hydrogens is 320 g/mol. The molecule has 0 saturated heterocycles. The molecule has 0 spiro atoms. The number of hydrogen-bond acceptors (Lipinski definition) is 3. The quantitative estimate of drug-likeness (QED) is 0.249. The van der Waals surface area contributed by atoms with Crippen LogP contribution in [0.2, 0.25) is 0 Å². The minimum absolute atomic E-state index is 0.134. The summed E-state index contributed by atoms with van der Waals surface area (Å²) in [6.07, 6.45) is 3.61. The SMILES string of the molecule is Cc1ccc(N=C(N)NO)cc1NC(=O)c1c[n+](C)c2ccccn12. The van der Waals surface area contributed by atoms with E-state index in [0.717, 1.165) is 11.2 Å². The van der Waals surface area contributed by atoms with Gasteiger partial charge in [0.15, 0.2) is 0 Å². The standard InChI is InChI=1S/C17H18N6O2/c1-11-6-7-12(19-17(18)21-25)9-13(11)20-16(24)14-10-22(2)15-5-3-4-8-23(14)15/h3-10H,1-2H3,(H4-,18,19,20,21,24,25)/p+1. The van der Waals surface area contributed by atoms with Crippen molar-refractivity contribution in [3.05, 3.63) is 60.0 Å². The molecule has 2 aromatic heterocycles. The second kappa shape index (κ2) is 6.62. The van der Waals surface area contributed by atoms with Crippen molar-refractivity contribution < 1.29 is 14.6 Å². The molecule has 8 heteroatoms. The number of nitrogens with one attached hydrogen (secondary N) is 2. The molecule has 3 rings (SSSR count). The number of aromatic nitrogens is 2. The molecule has 1 aromatic carbocycles. The Morgan fingerprint density at radius 3 is 2.88 bits per heavy atom. The number of pyridine rings is 1. The van der Waals surface area contributed by atoms with Gasteiger partial charge in [0.1, 0.15) is 6.20 Å². The number of hydrogen-bond donors (Lipinski definition) is 4. The van der Waals surface area contributed by atoms with E-state index in [0.29, 0.717) is 17.1 Å². The van der Waals surface area contributed by atoms with Gasteiger partial charge in [0.05, 0.1) is 18.9 Å². The molecule has 0 aliphatic carbocycles. The summed E-state index contributed by atoms with van der Waals surface area (Å²) in [4.78, 5) is 16.7. The van der Waals surface area contributed by atoms with Gasteiger partial charge in [-0.25, -0.2) is 15.0 Å². The lowest BCUT2D eigenvalue weighted by Gasteiger charge is -2.08. The number of guanidine groups is 1. The average molecular weight is 339 g/mol. The van der Waals surface area contributed by atoms with E-state index < -0.39 is 0 Å². The van der Waals surface area contributed by atoms with Gasteiger partial charge in [-0.1, -0.05) is 12.1 Å². The molecular formula is C17H19N6O2+. The molecule has 3 aromatic rings. The van der Waals surface area contributed by atoms with Crippen LogP contribution < -0.4 is 21.1 Å². The van der Waals surface area contributed by atoms with Crippen LogP contribution in [0.1, 0.15) is 16.1 Å². The van der Waals surface area contributed by atoms with Gasteiger partial charge in [0.25, 0.3) is 11.6 Å². The van der Waals surface area contributed by atoms with Crippen molar-refractivity contribution in [2.75, 3.05) is 5.32 Å². The minimum Gasteiger partial charge on any atom is -0.368 e. The Morgan fingerprint density at radius 1 is 1.32 bits per heavy atom. The Bertz CT molecular complexity index is 976. The normalized spacial score (nSPS) is 11.6. The van der Waals surface area contributed by atoms with E-state index >= 15 is 0 Å². The predicted molar refractivity (Wildman–Crippen MR) is 93.9 cm³/mol. The van der Waals surface area contributed by atoms with Crippen molar-refractivity contribution in [2.24, 2.45) is 17.8 Å². The number of aliphatic imine (C=N–C) groups is 1. The summed E-state index contributed by atoms with van der Waals surface area (Å²) >= 11 is 0. The van der Waals surface area contributed by atoms with Gasteiger partial charge in [0.2, 0.25) is 11.7 Å². The Balaban J connectivity index is 1.94. The lowest BCUT2D eigenvalue weighted by atomic mass is 10.2. The summed E-state index contributed by atoms with van der Waals surface area (Å²) in [6, 6.07) is 11.0. The van der Waals surface area contributed by atoms with Crippen molar-refractivity contribution in [3.8, 4) is 0 Å². The molecule has 0 saturated carbocycles. The highest BCUT2D eigenvalue weighted by molar-refractivity contribution is 6.03. The molecule has 0 atom stereocenters. The largest absolute Gasteiger partial charge is 0.368 e. The summed E-state index contributed by atoms with van der Waals surface area (Å²) in [7, 11) is 1.89. The van der Waals surface area contributed by atoms with Crippen molar-refractivity contribution in [3.63, 3.8) is 0 Å². The van der Waals surface area contributed by atoms with E-state index in [1.54, 1.807) is 23.8 Å². The molecule has 0 unspecified atom stereocenters. The number of amides is 1. The Labute approximate surface area is 144 Å². The Morgan fingerprint density at radius 2 is 2.12 bits per heavy atom. The number of carbonyl (C=O) groups excluding carboxylic acids is 1. The van der Waals surface area contributed by atoms with Crippen LogP contribution in [-0.2, 0) is 7.05 Å². The first-order valence-electron chi connectivity index (χ1n) is 7.61. The lowest BCUT2D eigenvalue weighted by molar-refractivity contribution is -0.644. The van der Waals surface area contributed by atoms with E-state index in [2.05, 4.69) is 10.3 Å². The van der Waals surface area contributed by atoms with E-state index in [-0.39, 0.29) is 11.9 Å². The Hall–Kier alpha value is -3.39. The molecule has 2 heterocycles. The molecule has 128 valence electrons. The second-order valence-electron chi connectivity index (χ2n) is 5.62. The van der Waals surface area contributed by atoms with E-state index in [1.165, 1.54) is 0 Å². The number of benzene rings is 1. The third kappa shape index (κ3) is 3.29. The first-order chi connectivity index (χ1) is 12.0. The summed E-state index contributed by atoms with van der Waals surface area (Å²) in [5, 5.41) is 11.6. The van der Waals surface area contributed by atoms with Crippen molar-refractivity contribution in [1.29, 1.82) is 0 Å². The maximum atomic E-state index is 12.7. The molecule has 0 fully saturated rings. The number of fused-ring (bicyclic) bond motifs is 1. The van der Waals surface area contributed by atoms with Gasteiger partial charge >= 0.3 is 0 Å².